The number of ether oxygens (including phenoxy) is 1. The Bertz CT molecular complexity index is 585. The number of fused-ring (bicyclic) bond motifs is 1. The summed E-state index contributed by atoms with van der Waals surface area (Å²) >= 11 is 0. The summed E-state index contributed by atoms with van der Waals surface area (Å²) in [6.45, 7) is -0.109. The van der Waals surface area contributed by atoms with E-state index >= 15 is 0 Å². The van der Waals surface area contributed by atoms with Gasteiger partial charge in [0, 0.05) is 24.8 Å². The Hall–Kier alpha value is -2.41. The number of hydrogen-bond donors (Lipinski definition) is 3. The number of aliphatic carboxylic acids is 1. The van der Waals surface area contributed by atoms with Crippen molar-refractivity contribution in [2.24, 2.45) is 0 Å². The molecule has 7 heteroatoms. The maximum Gasteiger partial charge on any atom is 0.328 e. The van der Waals surface area contributed by atoms with Crippen molar-refractivity contribution in [2.45, 2.75) is 18.9 Å². The third-order valence-corrected chi connectivity index (χ3v) is 3.20. The maximum atomic E-state index is 12.1. The van der Waals surface area contributed by atoms with E-state index in [0.717, 1.165) is 5.56 Å². The average molecular weight is 292 g/mol. The van der Waals surface area contributed by atoms with Crippen LogP contribution < -0.4 is 10.6 Å². The highest BCUT2D eigenvalue weighted by Gasteiger charge is 2.22. The van der Waals surface area contributed by atoms with Gasteiger partial charge in [-0.3, -0.25) is 9.59 Å². The van der Waals surface area contributed by atoms with Crippen molar-refractivity contribution >= 4 is 23.5 Å². The number of hydrogen-bond acceptors (Lipinski definition) is 4. The number of carboxylic acids is 1. The molecule has 0 aliphatic carbocycles. The topological polar surface area (TPSA) is 105 Å². The summed E-state index contributed by atoms with van der Waals surface area (Å²) in [5.41, 5.74) is 1.91. The van der Waals surface area contributed by atoms with Crippen LogP contribution in [0.3, 0.4) is 0 Å². The summed E-state index contributed by atoms with van der Waals surface area (Å²) in [5, 5.41) is 14.1. The molecule has 1 atom stereocenters. The van der Waals surface area contributed by atoms with Gasteiger partial charge in [-0.1, -0.05) is 0 Å². The van der Waals surface area contributed by atoms with Gasteiger partial charge in [-0.05, 0) is 30.2 Å². The molecule has 1 heterocycles. The van der Waals surface area contributed by atoms with Crippen LogP contribution in [-0.4, -0.2) is 42.6 Å². The van der Waals surface area contributed by atoms with E-state index in [4.69, 9.17) is 9.84 Å². The van der Waals surface area contributed by atoms with Crippen molar-refractivity contribution in [2.75, 3.05) is 19.0 Å². The number of rotatable bonds is 5. The molecule has 1 aliphatic rings. The lowest BCUT2D eigenvalue weighted by Gasteiger charge is -2.18. The fraction of sp³-hybridized carbons (Fsp3) is 0.357. The van der Waals surface area contributed by atoms with Crippen LogP contribution in [0.15, 0.2) is 18.2 Å². The smallest absolute Gasteiger partial charge is 0.328 e. The molecule has 0 saturated heterocycles. The van der Waals surface area contributed by atoms with Gasteiger partial charge in [0.15, 0.2) is 6.04 Å². The molecule has 3 N–H and O–H groups in total. The standard InChI is InChI=1S/C14H16N2O5/c1-21-7-11(14(19)20)16-13(18)9-2-4-10-8(6-9)3-5-12(17)15-10/h2,4,6,11H,3,5,7H2,1H3,(H,15,17)(H,16,18)(H,19,20). The Labute approximate surface area is 121 Å². The van der Waals surface area contributed by atoms with Crippen molar-refractivity contribution in [3.8, 4) is 0 Å². The fourth-order valence-electron chi connectivity index (χ4n) is 2.11. The average Bonchev–Trinajstić information content (AvgIpc) is 2.45. The first-order valence-electron chi connectivity index (χ1n) is 6.46. The van der Waals surface area contributed by atoms with Crippen LogP contribution >= 0.6 is 0 Å². The molecular weight excluding hydrogens is 276 g/mol. The number of carboxylic acid groups (broad SMARTS) is 1. The van der Waals surface area contributed by atoms with E-state index in [1.807, 2.05) is 0 Å². The summed E-state index contributed by atoms with van der Waals surface area (Å²) in [6.07, 6.45) is 0.933. The lowest BCUT2D eigenvalue weighted by molar-refractivity contribution is -0.140. The second-order valence-corrected chi connectivity index (χ2v) is 4.74. The number of carbonyl (C=O) groups excluding carboxylic acids is 2. The molecule has 1 unspecified atom stereocenters. The number of anilines is 1. The van der Waals surface area contributed by atoms with Gasteiger partial charge in [0.05, 0.1) is 6.61 Å². The Morgan fingerprint density at radius 3 is 2.86 bits per heavy atom. The van der Waals surface area contributed by atoms with E-state index in [0.29, 0.717) is 24.1 Å². The minimum atomic E-state index is -1.16. The van der Waals surface area contributed by atoms with E-state index in [2.05, 4.69) is 10.6 Å². The molecule has 0 spiro atoms. The highest BCUT2D eigenvalue weighted by Crippen LogP contribution is 2.23. The van der Waals surface area contributed by atoms with Gasteiger partial charge < -0.3 is 20.5 Å². The van der Waals surface area contributed by atoms with E-state index in [1.54, 1.807) is 18.2 Å². The zero-order valence-electron chi connectivity index (χ0n) is 11.5. The van der Waals surface area contributed by atoms with Gasteiger partial charge in [0.1, 0.15) is 0 Å². The van der Waals surface area contributed by atoms with E-state index in [1.165, 1.54) is 7.11 Å². The molecule has 2 rings (SSSR count). The minimum Gasteiger partial charge on any atom is -0.480 e. The second-order valence-electron chi connectivity index (χ2n) is 4.74. The summed E-state index contributed by atoms with van der Waals surface area (Å²) in [4.78, 5) is 34.3. The first kappa shape index (κ1) is 15.0. The SMILES string of the molecule is COCC(NC(=O)c1ccc2c(c1)CCC(=O)N2)C(=O)O. The Kier molecular flexibility index (Phi) is 4.54. The van der Waals surface area contributed by atoms with E-state index in [-0.39, 0.29) is 12.5 Å². The monoisotopic (exact) mass is 292 g/mol. The van der Waals surface area contributed by atoms with Crippen molar-refractivity contribution in [1.82, 2.24) is 5.32 Å². The first-order chi connectivity index (χ1) is 10.0. The highest BCUT2D eigenvalue weighted by atomic mass is 16.5. The molecule has 1 aromatic rings. The second kappa shape index (κ2) is 6.36. The van der Waals surface area contributed by atoms with Crippen molar-refractivity contribution in [3.05, 3.63) is 29.3 Å². The molecule has 21 heavy (non-hydrogen) atoms. The van der Waals surface area contributed by atoms with Crippen LogP contribution in [0.25, 0.3) is 0 Å². The summed E-state index contributed by atoms with van der Waals surface area (Å²) in [6, 6.07) is 3.76. The summed E-state index contributed by atoms with van der Waals surface area (Å²) < 4.78 is 4.76. The molecule has 2 amide bonds. The quantitative estimate of drug-likeness (QED) is 0.728. The molecule has 0 bridgehead atoms. The summed E-state index contributed by atoms with van der Waals surface area (Å²) in [7, 11) is 1.36. The predicted molar refractivity (Wildman–Crippen MR) is 74.2 cm³/mol. The van der Waals surface area contributed by atoms with Crippen LogP contribution in [-0.2, 0) is 20.7 Å². The molecular formula is C14H16N2O5. The number of amides is 2. The maximum absolute atomic E-state index is 12.1. The molecule has 0 aromatic heterocycles. The van der Waals surface area contributed by atoms with Crippen molar-refractivity contribution in [1.29, 1.82) is 0 Å². The summed E-state index contributed by atoms with van der Waals surface area (Å²) in [5.74, 6) is -1.69. The van der Waals surface area contributed by atoms with Crippen LogP contribution in [0.4, 0.5) is 5.69 Å². The van der Waals surface area contributed by atoms with Gasteiger partial charge in [0.2, 0.25) is 5.91 Å². The fourth-order valence-corrected chi connectivity index (χ4v) is 2.11. The molecule has 0 saturated carbocycles. The van der Waals surface area contributed by atoms with Crippen LogP contribution in [0.2, 0.25) is 0 Å². The largest absolute Gasteiger partial charge is 0.480 e. The number of methoxy groups -OCH3 is 1. The van der Waals surface area contributed by atoms with E-state index in [9.17, 15) is 14.4 Å². The zero-order valence-corrected chi connectivity index (χ0v) is 11.5. The van der Waals surface area contributed by atoms with Crippen molar-refractivity contribution in [3.63, 3.8) is 0 Å². The van der Waals surface area contributed by atoms with Crippen LogP contribution in [0.5, 0.6) is 0 Å². The van der Waals surface area contributed by atoms with Gasteiger partial charge in [-0.15, -0.1) is 0 Å². The normalized spacial score (nSPS) is 14.8. The zero-order chi connectivity index (χ0) is 15.4. The molecule has 1 aromatic carbocycles. The van der Waals surface area contributed by atoms with Gasteiger partial charge in [-0.2, -0.15) is 0 Å². The lowest BCUT2D eigenvalue weighted by atomic mass is 10.00. The molecule has 7 nitrogen and oxygen atoms in total. The Morgan fingerprint density at radius 1 is 1.43 bits per heavy atom. The van der Waals surface area contributed by atoms with Gasteiger partial charge >= 0.3 is 5.97 Å². The molecule has 0 radical (unpaired) electrons. The van der Waals surface area contributed by atoms with Gasteiger partial charge in [-0.25, -0.2) is 4.79 Å². The third kappa shape index (κ3) is 3.57. The number of benzene rings is 1. The van der Waals surface area contributed by atoms with Crippen molar-refractivity contribution < 1.29 is 24.2 Å². The molecule has 0 fully saturated rings. The lowest BCUT2D eigenvalue weighted by Crippen LogP contribution is -2.43. The van der Waals surface area contributed by atoms with Gasteiger partial charge in [0.25, 0.3) is 5.91 Å². The Morgan fingerprint density at radius 2 is 2.19 bits per heavy atom. The predicted octanol–water partition coefficient (Wildman–Crippen LogP) is 0.401. The third-order valence-electron chi connectivity index (χ3n) is 3.20. The number of nitrogens with one attached hydrogen (secondary N) is 2. The van der Waals surface area contributed by atoms with E-state index < -0.39 is 17.9 Å². The molecule has 1 aliphatic heterocycles. The number of aryl methyl sites for hydroxylation is 1. The Balaban J connectivity index is 2.13. The van der Waals surface area contributed by atoms with Crippen LogP contribution in [0.1, 0.15) is 22.3 Å². The number of carbonyl (C=O) groups is 3. The molecule has 112 valence electrons. The van der Waals surface area contributed by atoms with Crippen LogP contribution in [0, 0.1) is 0 Å². The minimum absolute atomic E-state index is 0.0502. The first-order valence-corrected chi connectivity index (χ1v) is 6.46. The highest BCUT2D eigenvalue weighted by molar-refractivity contribution is 5.99.